The van der Waals surface area contributed by atoms with Crippen LogP contribution < -0.4 is 0 Å². The van der Waals surface area contributed by atoms with Gasteiger partial charge in [-0.1, -0.05) is 32.1 Å². The van der Waals surface area contributed by atoms with Gasteiger partial charge in [0.1, 0.15) is 0 Å². The second-order valence-electron chi connectivity index (χ2n) is 4.05. The van der Waals surface area contributed by atoms with Crippen LogP contribution in [0.25, 0.3) is 0 Å². The molecule has 0 fully saturated rings. The zero-order valence-electron chi connectivity index (χ0n) is 9.84. The number of halogens is 3. The van der Waals surface area contributed by atoms with E-state index in [0.29, 0.717) is 0 Å². The molecule has 1 aromatic carbocycles. The van der Waals surface area contributed by atoms with Crippen LogP contribution in [0.3, 0.4) is 0 Å². The van der Waals surface area contributed by atoms with Crippen molar-refractivity contribution in [3.8, 4) is 0 Å². The van der Waals surface area contributed by atoms with E-state index < -0.39 is 5.51 Å². The minimum Gasteiger partial charge on any atom is -0.160 e. The molecule has 0 aliphatic carbocycles. The minimum atomic E-state index is -4.23. The lowest BCUT2D eigenvalue weighted by atomic mass is 9.80. The van der Waals surface area contributed by atoms with Gasteiger partial charge in [-0.05, 0) is 35.9 Å². The molecular weight excluding hydrogens is 245 g/mol. The lowest BCUT2D eigenvalue weighted by Gasteiger charge is -2.24. The first-order valence-corrected chi connectivity index (χ1v) is 6.12. The van der Waals surface area contributed by atoms with E-state index in [1.54, 1.807) is 12.1 Å². The lowest BCUT2D eigenvalue weighted by molar-refractivity contribution is -0.0328. The van der Waals surface area contributed by atoms with Crippen molar-refractivity contribution >= 4 is 11.8 Å². The van der Waals surface area contributed by atoms with Crippen LogP contribution in [0.5, 0.6) is 0 Å². The number of hydrogen-bond acceptors (Lipinski definition) is 1. The SMILES string of the molecule is C=C[C@](C)(CC)c1ccc(SC(F)(F)F)cc1. The van der Waals surface area contributed by atoms with Gasteiger partial charge in [0.25, 0.3) is 0 Å². The Hall–Kier alpha value is -0.900. The molecule has 94 valence electrons. The van der Waals surface area contributed by atoms with E-state index in [4.69, 9.17) is 0 Å². The predicted octanol–water partition coefficient (Wildman–Crippen LogP) is 5.15. The third-order valence-corrected chi connectivity index (χ3v) is 3.67. The molecule has 0 aromatic heterocycles. The fourth-order valence-corrected chi connectivity index (χ4v) is 2.04. The normalized spacial score (nSPS) is 15.4. The Bertz CT molecular complexity index is 381. The zero-order chi connectivity index (χ0) is 13.1. The Kier molecular flexibility index (Phi) is 4.31. The van der Waals surface area contributed by atoms with Crippen molar-refractivity contribution in [1.82, 2.24) is 0 Å². The zero-order valence-corrected chi connectivity index (χ0v) is 10.7. The molecule has 0 heterocycles. The molecule has 0 aliphatic rings. The molecule has 1 atom stereocenters. The van der Waals surface area contributed by atoms with Crippen molar-refractivity contribution in [1.29, 1.82) is 0 Å². The topological polar surface area (TPSA) is 0 Å². The first-order chi connectivity index (χ1) is 7.80. The van der Waals surface area contributed by atoms with Crippen molar-refractivity contribution in [2.24, 2.45) is 0 Å². The summed E-state index contributed by atoms with van der Waals surface area (Å²) in [7, 11) is 0. The molecule has 0 unspecified atom stereocenters. The van der Waals surface area contributed by atoms with Crippen LogP contribution in [0.1, 0.15) is 25.8 Å². The Labute approximate surface area is 104 Å². The van der Waals surface area contributed by atoms with Gasteiger partial charge in [-0.15, -0.1) is 6.58 Å². The smallest absolute Gasteiger partial charge is 0.160 e. The van der Waals surface area contributed by atoms with Crippen LogP contribution in [0.15, 0.2) is 41.8 Å². The average molecular weight is 260 g/mol. The van der Waals surface area contributed by atoms with Gasteiger partial charge in [-0.2, -0.15) is 13.2 Å². The van der Waals surface area contributed by atoms with Gasteiger partial charge in [-0.25, -0.2) is 0 Å². The van der Waals surface area contributed by atoms with Crippen molar-refractivity contribution in [3.63, 3.8) is 0 Å². The van der Waals surface area contributed by atoms with Gasteiger partial charge in [-0.3, -0.25) is 0 Å². The largest absolute Gasteiger partial charge is 0.446 e. The summed E-state index contributed by atoms with van der Waals surface area (Å²) < 4.78 is 36.5. The van der Waals surface area contributed by atoms with E-state index in [9.17, 15) is 13.2 Å². The van der Waals surface area contributed by atoms with Gasteiger partial charge in [0.15, 0.2) is 0 Å². The summed E-state index contributed by atoms with van der Waals surface area (Å²) in [6.07, 6.45) is 2.70. The fraction of sp³-hybridized carbons (Fsp3) is 0.385. The molecule has 0 saturated heterocycles. The average Bonchev–Trinajstić information content (AvgIpc) is 2.27. The Morgan fingerprint density at radius 1 is 1.24 bits per heavy atom. The van der Waals surface area contributed by atoms with E-state index >= 15 is 0 Å². The molecule has 0 nitrogen and oxygen atoms in total. The highest BCUT2D eigenvalue weighted by molar-refractivity contribution is 8.00. The standard InChI is InChI=1S/C13H15F3S/c1-4-12(3,5-2)10-6-8-11(9-7-10)17-13(14,15)16/h4,6-9H,1,5H2,2-3H3/t12-/m1/s1. The van der Waals surface area contributed by atoms with Crippen LogP contribution >= 0.6 is 11.8 Å². The molecule has 0 saturated carbocycles. The second-order valence-corrected chi connectivity index (χ2v) is 5.19. The Balaban J connectivity index is 2.92. The molecule has 0 bridgehead atoms. The Morgan fingerprint density at radius 2 is 1.76 bits per heavy atom. The number of rotatable bonds is 4. The molecule has 0 aliphatic heterocycles. The third kappa shape index (κ3) is 3.80. The van der Waals surface area contributed by atoms with E-state index in [1.807, 2.05) is 19.9 Å². The van der Waals surface area contributed by atoms with Crippen LogP contribution in [-0.4, -0.2) is 5.51 Å². The Morgan fingerprint density at radius 3 is 2.12 bits per heavy atom. The number of alkyl halides is 3. The quantitative estimate of drug-likeness (QED) is 0.532. The van der Waals surface area contributed by atoms with Crippen LogP contribution in [0, 0.1) is 0 Å². The minimum absolute atomic E-state index is 0.0906. The molecule has 0 amide bonds. The predicted molar refractivity (Wildman–Crippen MR) is 66.2 cm³/mol. The lowest BCUT2D eigenvalue weighted by Crippen LogP contribution is -2.16. The highest BCUT2D eigenvalue weighted by Gasteiger charge is 2.29. The summed E-state index contributed by atoms with van der Waals surface area (Å²) >= 11 is -0.0906. The molecule has 0 spiro atoms. The summed E-state index contributed by atoms with van der Waals surface area (Å²) in [6, 6.07) is 6.48. The van der Waals surface area contributed by atoms with Gasteiger partial charge >= 0.3 is 5.51 Å². The highest BCUT2D eigenvalue weighted by atomic mass is 32.2. The maximum absolute atomic E-state index is 12.2. The molecule has 1 rings (SSSR count). The second kappa shape index (κ2) is 5.17. The molecule has 0 N–H and O–H groups in total. The number of allylic oxidation sites excluding steroid dienone is 1. The third-order valence-electron chi connectivity index (χ3n) is 2.93. The van der Waals surface area contributed by atoms with Crippen molar-refractivity contribution in [2.45, 2.75) is 36.1 Å². The summed E-state index contributed by atoms with van der Waals surface area (Å²) in [4.78, 5) is 0.212. The molecule has 1 aromatic rings. The summed E-state index contributed by atoms with van der Waals surface area (Å²) in [5.41, 5.74) is -3.42. The van der Waals surface area contributed by atoms with Crippen LogP contribution in [-0.2, 0) is 5.41 Å². The van der Waals surface area contributed by atoms with Crippen LogP contribution in [0.4, 0.5) is 13.2 Å². The van der Waals surface area contributed by atoms with Gasteiger partial charge in [0.05, 0.1) is 0 Å². The molecule has 17 heavy (non-hydrogen) atoms. The maximum Gasteiger partial charge on any atom is 0.446 e. The summed E-state index contributed by atoms with van der Waals surface area (Å²) in [5, 5.41) is 0. The van der Waals surface area contributed by atoms with Crippen molar-refractivity contribution in [3.05, 3.63) is 42.5 Å². The number of thioether (sulfide) groups is 1. The molecule has 4 heteroatoms. The van der Waals surface area contributed by atoms with E-state index in [0.717, 1.165) is 12.0 Å². The van der Waals surface area contributed by atoms with E-state index in [-0.39, 0.29) is 22.1 Å². The molecule has 0 radical (unpaired) electrons. The number of benzene rings is 1. The van der Waals surface area contributed by atoms with E-state index in [2.05, 4.69) is 6.58 Å². The van der Waals surface area contributed by atoms with Gasteiger partial charge in [0, 0.05) is 10.3 Å². The summed E-state index contributed by atoms with van der Waals surface area (Å²) in [5.74, 6) is 0. The van der Waals surface area contributed by atoms with Gasteiger partial charge in [0.2, 0.25) is 0 Å². The first-order valence-electron chi connectivity index (χ1n) is 5.30. The molecular formula is C13H15F3S. The van der Waals surface area contributed by atoms with Crippen LogP contribution in [0.2, 0.25) is 0 Å². The van der Waals surface area contributed by atoms with Crippen molar-refractivity contribution < 1.29 is 13.2 Å². The fourth-order valence-electron chi connectivity index (χ4n) is 1.50. The number of hydrogen-bond donors (Lipinski definition) is 0. The van der Waals surface area contributed by atoms with Crippen molar-refractivity contribution in [2.75, 3.05) is 0 Å². The first kappa shape index (κ1) is 14.2. The monoisotopic (exact) mass is 260 g/mol. The maximum atomic E-state index is 12.2. The van der Waals surface area contributed by atoms with E-state index in [1.165, 1.54) is 12.1 Å². The highest BCUT2D eigenvalue weighted by Crippen LogP contribution is 2.38. The summed E-state index contributed by atoms with van der Waals surface area (Å²) in [6.45, 7) is 7.82. The van der Waals surface area contributed by atoms with Gasteiger partial charge < -0.3 is 0 Å².